The van der Waals surface area contributed by atoms with Crippen molar-refractivity contribution in [1.82, 2.24) is 10.3 Å². The van der Waals surface area contributed by atoms with E-state index < -0.39 is 0 Å². The first-order chi connectivity index (χ1) is 14.5. The van der Waals surface area contributed by atoms with E-state index in [2.05, 4.69) is 15.6 Å². The number of furan rings is 1. The van der Waals surface area contributed by atoms with Crippen molar-refractivity contribution in [1.29, 1.82) is 0 Å². The largest absolute Gasteiger partial charge is 0.495 e. The second-order valence-electron chi connectivity index (χ2n) is 7.01. The molecule has 1 amide bonds. The van der Waals surface area contributed by atoms with Crippen molar-refractivity contribution in [2.24, 2.45) is 0 Å². The predicted molar refractivity (Wildman–Crippen MR) is 119 cm³/mol. The number of hydrogen-bond donors (Lipinski definition) is 2. The molecule has 7 nitrogen and oxygen atoms in total. The van der Waals surface area contributed by atoms with E-state index >= 15 is 0 Å². The highest BCUT2D eigenvalue weighted by molar-refractivity contribution is 7.80. The molecule has 3 heterocycles. The van der Waals surface area contributed by atoms with Gasteiger partial charge in [0.1, 0.15) is 23.3 Å². The quantitative estimate of drug-likeness (QED) is 0.599. The average molecular weight is 423 g/mol. The summed E-state index contributed by atoms with van der Waals surface area (Å²) < 4.78 is 11.4. The molecule has 2 N–H and O–H groups in total. The molecule has 0 aliphatic carbocycles. The van der Waals surface area contributed by atoms with Crippen LogP contribution in [-0.4, -0.2) is 23.1 Å². The van der Waals surface area contributed by atoms with Crippen LogP contribution in [0.5, 0.6) is 5.75 Å². The van der Waals surface area contributed by atoms with Crippen LogP contribution < -0.4 is 20.3 Å². The average Bonchev–Trinajstić information content (AvgIpc) is 3.31. The third kappa shape index (κ3) is 3.73. The standard InChI is InChI=1S/C22H22N4O3S/c1-13-7-9-19(29-13)21-20(16-6-4-5-11-23-16)25-22(30)26(21)15-8-10-18(28-3)17(12-15)24-14(2)27/h4-12,20-21H,1-3H3,(H,24,27)(H,25,30)/t20-,21-/m0/s1. The van der Waals surface area contributed by atoms with E-state index in [-0.39, 0.29) is 18.0 Å². The minimum absolute atomic E-state index is 0.183. The van der Waals surface area contributed by atoms with E-state index in [9.17, 15) is 4.79 Å². The second-order valence-corrected chi connectivity index (χ2v) is 7.40. The van der Waals surface area contributed by atoms with Gasteiger partial charge in [0.2, 0.25) is 5.91 Å². The first-order valence-electron chi connectivity index (χ1n) is 9.50. The van der Waals surface area contributed by atoms with Gasteiger partial charge in [-0.05, 0) is 61.6 Å². The summed E-state index contributed by atoms with van der Waals surface area (Å²) in [7, 11) is 1.56. The maximum absolute atomic E-state index is 11.7. The number of pyridine rings is 1. The van der Waals surface area contributed by atoms with Crippen LogP contribution in [-0.2, 0) is 4.79 Å². The molecular weight excluding hydrogens is 400 g/mol. The van der Waals surface area contributed by atoms with E-state index in [1.807, 2.05) is 60.4 Å². The third-order valence-electron chi connectivity index (χ3n) is 4.92. The zero-order chi connectivity index (χ0) is 21.3. The molecule has 0 bridgehead atoms. The summed E-state index contributed by atoms with van der Waals surface area (Å²) in [6, 6.07) is 14.8. The molecular formula is C22H22N4O3S. The van der Waals surface area contributed by atoms with Gasteiger partial charge < -0.3 is 24.7 Å². The fourth-order valence-corrected chi connectivity index (χ4v) is 4.01. The zero-order valence-corrected chi connectivity index (χ0v) is 17.7. The molecule has 1 aliphatic rings. The number of anilines is 2. The monoisotopic (exact) mass is 422 g/mol. The van der Waals surface area contributed by atoms with Crippen molar-refractivity contribution in [2.45, 2.75) is 25.9 Å². The lowest BCUT2D eigenvalue weighted by molar-refractivity contribution is -0.114. The van der Waals surface area contributed by atoms with Crippen LogP contribution in [0.4, 0.5) is 11.4 Å². The number of carbonyl (C=O) groups is 1. The lowest BCUT2D eigenvalue weighted by Gasteiger charge is -2.27. The molecule has 1 aliphatic heterocycles. The van der Waals surface area contributed by atoms with E-state index in [1.54, 1.807) is 13.3 Å². The fourth-order valence-electron chi connectivity index (χ4n) is 3.67. The number of hydrogen-bond acceptors (Lipinski definition) is 5. The number of nitrogens with zero attached hydrogens (tertiary/aromatic N) is 2. The highest BCUT2D eigenvalue weighted by Gasteiger charge is 2.42. The fraction of sp³-hybridized carbons (Fsp3) is 0.227. The molecule has 0 saturated carbocycles. The maximum Gasteiger partial charge on any atom is 0.221 e. The van der Waals surface area contributed by atoms with Crippen molar-refractivity contribution in [3.05, 3.63) is 71.9 Å². The summed E-state index contributed by atoms with van der Waals surface area (Å²) in [5, 5.41) is 6.74. The molecule has 154 valence electrons. The van der Waals surface area contributed by atoms with Gasteiger partial charge in [-0.2, -0.15) is 0 Å². The summed E-state index contributed by atoms with van der Waals surface area (Å²) in [6.07, 6.45) is 1.76. The van der Waals surface area contributed by atoms with Crippen molar-refractivity contribution < 1.29 is 13.9 Å². The number of amides is 1. The predicted octanol–water partition coefficient (Wildman–Crippen LogP) is 4.13. The first-order valence-corrected chi connectivity index (χ1v) is 9.91. The Bertz CT molecular complexity index is 1080. The lowest BCUT2D eigenvalue weighted by Crippen LogP contribution is -2.29. The Morgan fingerprint density at radius 2 is 2.10 bits per heavy atom. The Labute approximate surface area is 180 Å². The van der Waals surface area contributed by atoms with Crippen molar-refractivity contribution in [2.75, 3.05) is 17.3 Å². The van der Waals surface area contributed by atoms with Crippen LogP contribution in [0.2, 0.25) is 0 Å². The van der Waals surface area contributed by atoms with Gasteiger partial charge in [0.25, 0.3) is 0 Å². The smallest absolute Gasteiger partial charge is 0.221 e. The van der Waals surface area contributed by atoms with E-state index in [1.165, 1.54) is 6.92 Å². The molecule has 30 heavy (non-hydrogen) atoms. The summed E-state index contributed by atoms with van der Waals surface area (Å²) in [6.45, 7) is 3.37. The molecule has 2 aromatic heterocycles. The number of rotatable bonds is 5. The van der Waals surface area contributed by atoms with Gasteiger partial charge in [-0.15, -0.1) is 0 Å². The van der Waals surface area contributed by atoms with Gasteiger partial charge in [-0.1, -0.05) is 6.07 Å². The van der Waals surface area contributed by atoms with Crippen molar-refractivity contribution in [3.63, 3.8) is 0 Å². The Kier molecular flexibility index (Phi) is 5.41. The Balaban J connectivity index is 1.81. The van der Waals surface area contributed by atoms with Crippen LogP contribution in [0.1, 0.15) is 36.2 Å². The highest BCUT2D eigenvalue weighted by Crippen LogP contribution is 2.43. The summed E-state index contributed by atoms with van der Waals surface area (Å²) in [5.41, 5.74) is 2.23. The number of ether oxygens (including phenoxy) is 1. The number of benzene rings is 1. The van der Waals surface area contributed by atoms with Crippen LogP contribution >= 0.6 is 12.2 Å². The molecule has 2 atom stereocenters. The van der Waals surface area contributed by atoms with Gasteiger partial charge in [0.15, 0.2) is 5.11 Å². The molecule has 1 aromatic carbocycles. The molecule has 1 fully saturated rings. The second kappa shape index (κ2) is 8.16. The molecule has 8 heteroatoms. The molecule has 0 spiro atoms. The normalized spacial score (nSPS) is 18.2. The minimum Gasteiger partial charge on any atom is -0.495 e. The van der Waals surface area contributed by atoms with E-state index in [4.69, 9.17) is 21.4 Å². The van der Waals surface area contributed by atoms with Crippen LogP contribution in [0, 0.1) is 6.92 Å². The van der Waals surface area contributed by atoms with Gasteiger partial charge >= 0.3 is 0 Å². The third-order valence-corrected chi connectivity index (χ3v) is 5.24. The van der Waals surface area contributed by atoms with Crippen molar-refractivity contribution >= 4 is 34.6 Å². The number of carbonyl (C=O) groups excluding carboxylic acids is 1. The number of thiocarbonyl (C=S) groups is 1. The van der Waals surface area contributed by atoms with Crippen molar-refractivity contribution in [3.8, 4) is 5.75 Å². The Morgan fingerprint density at radius 1 is 1.27 bits per heavy atom. The number of methoxy groups -OCH3 is 1. The SMILES string of the molecule is COc1ccc(N2C(=S)N[C@@H](c3ccccn3)[C@@H]2c2ccc(C)o2)cc1NC(C)=O. The van der Waals surface area contributed by atoms with Gasteiger partial charge in [-0.3, -0.25) is 9.78 Å². The summed E-state index contributed by atoms with van der Waals surface area (Å²) >= 11 is 5.70. The Hall–Kier alpha value is -3.39. The van der Waals surface area contributed by atoms with Gasteiger partial charge in [0.05, 0.1) is 24.5 Å². The summed E-state index contributed by atoms with van der Waals surface area (Å²) in [5.74, 6) is 1.97. The topological polar surface area (TPSA) is 79.6 Å². The molecule has 0 unspecified atom stereocenters. The molecule has 3 aromatic rings. The van der Waals surface area contributed by atoms with E-state index in [0.29, 0.717) is 16.5 Å². The number of aryl methyl sites for hydroxylation is 1. The Morgan fingerprint density at radius 3 is 2.73 bits per heavy atom. The minimum atomic E-state index is -0.250. The van der Waals surface area contributed by atoms with Gasteiger partial charge in [0, 0.05) is 18.8 Å². The maximum atomic E-state index is 11.7. The number of nitrogens with one attached hydrogen (secondary N) is 2. The van der Waals surface area contributed by atoms with Crippen LogP contribution in [0.25, 0.3) is 0 Å². The van der Waals surface area contributed by atoms with Crippen LogP contribution in [0.3, 0.4) is 0 Å². The zero-order valence-electron chi connectivity index (χ0n) is 16.9. The van der Waals surface area contributed by atoms with Crippen LogP contribution in [0.15, 0.2) is 59.1 Å². The lowest BCUT2D eigenvalue weighted by atomic mass is 10.0. The number of aromatic nitrogens is 1. The molecule has 4 rings (SSSR count). The highest BCUT2D eigenvalue weighted by atomic mass is 32.1. The molecule has 1 saturated heterocycles. The first kappa shape index (κ1) is 19.9. The van der Waals surface area contributed by atoms with Gasteiger partial charge in [-0.25, -0.2) is 0 Å². The molecule has 0 radical (unpaired) electrons. The summed E-state index contributed by atoms with van der Waals surface area (Å²) in [4.78, 5) is 18.2. The van der Waals surface area contributed by atoms with E-state index in [0.717, 1.165) is 22.9 Å².